The molecule has 0 radical (unpaired) electrons. The smallest absolute Gasteiger partial charge is 0.167 e. The molecule has 31 heavy (non-hydrogen) atoms. The van der Waals surface area contributed by atoms with Crippen LogP contribution in [0.4, 0.5) is 0 Å². The maximum absolute atomic E-state index is 12.5. The monoisotopic (exact) mass is 420 g/mol. The molecule has 0 bridgehead atoms. The van der Waals surface area contributed by atoms with Gasteiger partial charge >= 0.3 is 0 Å². The summed E-state index contributed by atoms with van der Waals surface area (Å²) in [4.78, 5) is 25.0. The van der Waals surface area contributed by atoms with Gasteiger partial charge in [0.1, 0.15) is 6.61 Å². The van der Waals surface area contributed by atoms with Crippen molar-refractivity contribution in [2.45, 2.75) is 61.0 Å². The Balaban J connectivity index is 1.85. The van der Waals surface area contributed by atoms with E-state index in [1.165, 1.54) is 22.3 Å². The molecule has 0 aliphatic heterocycles. The summed E-state index contributed by atoms with van der Waals surface area (Å²) >= 11 is 0. The molecule has 0 heterocycles. The summed E-state index contributed by atoms with van der Waals surface area (Å²) in [7, 11) is 0. The second-order valence-corrected chi connectivity index (χ2v) is 9.23. The first-order chi connectivity index (χ1) is 14.6. The van der Waals surface area contributed by atoms with Crippen LogP contribution in [0.25, 0.3) is 6.08 Å². The molecule has 2 aromatic carbocycles. The number of ketones is 2. The summed E-state index contributed by atoms with van der Waals surface area (Å²) in [5.74, 6) is 1.07. The van der Waals surface area contributed by atoms with Crippen LogP contribution in [0.1, 0.15) is 61.4 Å². The Kier molecular flexibility index (Phi) is 6.68. The molecule has 0 aromatic heterocycles. The van der Waals surface area contributed by atoms with E-state index >= 15 is 0 Å². The van der Waals surface area contributed by atoms with Gasteiger partial charge in [0.2, 0.25) is 0 Å². The van der Waals surface area contributed by atoms with E-state index in [2.05, 4.69) is 32.9 Å². The second-order valence-electron chi connectivity index (χ2n) is 9.23. The molecule has 0 spiro atoms. The molecule has 1 saturated carbocycles. The fourth-order valence-corrected chi connectivity index (χ4v) is 4.19. The van der Waals surface area contributed by atoms with Crippen LogP contribution in [0.15, 0.2) is 35.9 Å². The minimum Gasteiger partial charge on any atom is -0.490 e. The number of carbonyl (C=O) groups is 2. The first-order valence-corrected chi connectivity index (χ1v) is 10.8. The third kappa shape index (κ3) is 5.43. The number of rotatable bonds is 6. The zero-order valence-corrected chi connectivity index (χ0v) is 19.4. The van der Waals surface area contributed by atoms with Crippen LogP contribution in [-0.2, 0) is 16.2 Å². The largest absolute Gasteiger partial charge is 0.490 e. The molecular formula is C27H32O4. The minimum absolute atomic E-state index is 0.0927. The van der Waals surface area contributed by atoms with Crippen LogP contribution in [0, 0.1) is 26.2 Å². The van der Waals surface area contributed by atoms with Crippen molar-refractivity contribution in [3.8, 4) is 11.5 Å². The minimum atomic E-state index is -0.272. The van der Waals surface area contributed by atoms with Crippen molar-refractivity contribution in [3.05, 3.63) is 63.7 Å². The molecule has 2 aromatic rings. The highest BCUT2D eigenvalue weighted by molar-refractivity contribution is 6.25. The zero-order chi connectivity index (χ0) is 22.8. The Morgan fingerprint density at radius 1 is 0.903 bits per heavy atom. The maximum Gasteiger partial charge on any atom is 0.167 e. The molecule has 164 valence electrons. The molecule has 3 rings (SSSR count). The van der Waals surface area contributed by atoms with Gasteiger partial charge in [-0.15, -0.1) is 0 Å². The molecule has 0 N–H and O–H groups in total. The molecule has 1 aliphatic rings. The van der Waals surface area contributed by atoms with Crippen molar-refractivity contribution in [1.29, 1.82) is 0 Å². The van der Waals surface area contributed by atoms with Gasteiger partial charge in [-0.05, 0) is 73.6 Å². The van der Waals surface area contributed by atoms with Gasteiger partial charge in [0.05, 0.1) is 12.2 Å². The van der Waals surface area contributed by atoms with Crippen molar-refractivity contribution < 1.29 is 19.1 Å². The molecule has 0 unspecified atom stereocenters. The third-order valence-corrected chi connectivity index (χ3v) is 5.67. The van der Waals surface area contributed by atoms with E-state index in [0.717, 1.165) is 5.56 Å². The van der Waals surface area contributed by atoms with E-state index in [4.69, 9.17) is 9.47 Å². The third-order valence-electron chi connectivity index (χ3n) is 5.67. The Hall–Kier alpha value is -2.88. The lowest BCUT2D eigenvalue weighted by Crippen LogP contribution is -2.31. The van der Waals surface area contributed by atoms with E-state index in [1.807, 2.05) is 39.0 Å². The van der Waals surface area contributed by atoms with Gasteiger partial charge < -0.3 is 9.47 Å². The molecule has 4 heteroatoms. The molecule has 0 atom stereocenters. The summed E-state index contributed by atoms with van der Waals surface area (Å²) < 4.78 is 11.9. The highest BCUT2D eigenvalue weighted by Crippen LogP contribution is 2.35. The van der Waals surface area contributed by atoms with Gasteiger partial charge in [-0.25, -0.2) is 0 Å². The number of allylic oxidation sites excluding steroid dienone is 1. The molecule has 1 aliphatic carbocycles. The van der Waals surface area contributed by atoms with E-state index in [9.17, 15) is 9.59 Å². The van der Waals surface area contributed by atoms with Crippen LogP contribution in [0.3, 0.4) is 0 Å². The lowest BCUT2D eigenvalue weighted by atomic mass is 9.74. The molecular weight excluding hydrogens is 388 g/mol. The lowest BCUT2D eigenvalue weighted by Gasteiger charge is -2.28. The number of carbonyl (C=O) groups excluding carboxylic acids is 2. The maximum atomic E-state index is 12.5. The van der Waals surface area contributed by atoms with Gasteiger partial charge in [-0.1, -0.05) is 37.6 Å². The highest BCUT2D eigenvalue weighted by Gasteiger charge is 2.35. The number of hydrogen-bond acceptors (Lipinski definition) is 4. The SMILES string of the molecule is CCOc1cc(C=C2C(=O)CC(C)(C)CC2=O)ccc1OCc1c(C)cc(C)cc1C. The van der Waals surface area contributed by atoms with Gasteiger partial charge in [-0.3, -0.25) is 9.59 Å². The zero-order valence-electron chi connectivity index (χ0n) is 19.4. The summed E-state index contributed by atoms with van der Waals surface area (Å²) in [6, 6.07) is 9.85. The summed E-state index contributed by atoms with van der Waals surface area (Å²) in [5.41, 5.74) is 5.58. The topological polar surface area (TPSA) is 52.6 Å². The van der Waals surface area contributed by atoms with E-state index in [-0.39, 0.29) is 22.6 Å². The quantitative estimate of drug-likeness (QED) is 0.429. The molecule has 0 amide bonds. The number of aryl methyl sites for hydroxylation is 3. The van der Waals surface area contributed by atoms with Crippen molar-refractivity contribution in [2.24, 2.45) is 5.41 Å². The Morgan fingerprint density at radius 2 is 1.52 bits per heavy atom. The van der Waals surface area contributed by atoms with Crippen molar-refractivity contribution in [2.75, 3.05) is 6.61 Å². The van der Waals surface area contributed by atoms with Gasteiger partial charge in [0, 0.05) is 12.8 Å². The Morgan fingerprint density at radius 3 is 2.10 bits per heavy atom. The predicted molar refractivity (Wildman–Crippen MR) is 124 cm³/mol. The fraction of sp³-hybridized carbons (Fsp3) is 0.407. The van der Waals surface area contributed by atoms with Crippen LogP contribution in [-0.4, -0.2) is 18.2 Å². The molecule has 1 fully saturated rings. The summed E-state index contributed by atoms with van der Waals surface area (Å²) in [6.07, 6.45) is 2.46. The Labute approximate surface area is 185 Å². The average molecular weight is 421 g/mol. The van der Waals surface area contributed by atoms with Crippen molar-refractivity contribution in [1.82, 2.24) is 0 Å². The Bertz CT molecular complexity index is 998. The van der Waals surface area contributed by atoms with E-state index in [0.29, 0.717) is 37.6 Å². The highest BCUT2D eigenvalue weighted by atomic mass is 16.5. The molecule has 4 nitrogen and oxygen atoms in total. The van der Waals surface area contributed by atoms with Crippen LogP contribution in [0.5, 0.6) is 11.5 Å². The number of Topliss-reactive ketones (excluding diaryl/α,β-unsaturated/α-hetero) is 2. The normalized spacial score (nSPS) is 15.7. The van der Waals surface area contributed by atoms with Crippen LogP contribution >= 0.6 is 0 Å². The lowest BCUT2D eigenvalue weighted by molar-refractivity contribution is -0.127. The summed E-state index contributed by atoms with van der Waals surface area (Å²) in [6.45, 7) is 13.0. The molecule has 0 saturated heterocycles. The predicted octanol–water partition coefficient (Wildman–Crippen LogP) is 5.93. The van der Waals surface area contributed by atoms with Crippen LogP contribution in [0.2, 0.25) is 0 Å². The van der Waals surface area contributed by atoms with Crippen molar-refractivity contribution >= 4 is 17.6 Å². The van der Waals surface area contributed by atoms with E-state index < -0.39 is 0 Å². The number of benzene rings is 2. The number of hydrogen-bond donors (Lipinski definition) is 0. The van der Waals surface area contributed by atoms with Gasteiger partial charge in [0.15, 0.2) is 23.1 Å². The van der Waals surface area contributed by atoms with E-state index in [1.54, 1.807) is 6.08 Å². The summed E-state index contributed by atoms with van der Waals surface area (Å²) in [5, 5.41) is 0. The number of ether oxygens (including phenoxy) is 2. The van der Waals surface area contributed by atoms with Gasteiger partial charge in [-0.2, -0.15) is 0 Å². The standard InChI is InChI=1S/C27H32O4/c1-7-30-26-13-20(12-21-23(28)14-27(5,6)15-24(21)29)8-9-25(26)31-16-22-18(3)10-17(2)11-19(22)4/h8-13H,7,14-16H2,1-6H3. The first-order valence-electron chi connectivity index (χ1n) is 10.8. The second kappa shape index (κ2) is 9.09. The van der Waals surface area contributed by atoms with Crippen LogP contribution < -0.4 is 9.47 Å². The first kappa shape index (κ1) is 22.8. The fourth-order valence-electron chi connectivity index (χ4n) is 4.19. The van der Waals surface area contributed by atoms with Gasteiger partial charge in [0.25, 0.3) is 0 Å². The van der Waals surface area contributed by atoms with Crippen molar-refractivity contribution in [3.63, 3.8) is 0 Å². The average Bonchev–Trinajstić information content (AvgIpc) is 2.64.